The van der Waals surface area contributed by atoms with Gasteiger partial charge < -0.3 is 4.74 Å². The van der Waals surface area contributed by atoms with Crippen LogP contribution in [0.15, 0.2) is 24.8 Å². The number of ether oxygens (including phenoxy) is 1. The number of unbranched alkanes of at least 4 members (excludes halogenated alkanes) is 1. The topological polar surface area (TPSA) is 50.1 Å². The molecule has 0 saturated heterocycles. The Balaban J connectivity index is 2.83. The van der Waals surface area contributed by atoms with Crippen LogP contribution in [0.5, 0.6) is 5.75 Å². The maximum atomic E-state index is 11.3. The van der Waals surface area contributed by atoms with Gasteiger partial charge in [0.05, 0.1) is 6.61 Å². The fourth-order valence-electron chi connectivity index (χ4n) is 1.59. The van der Waals surface area contributed by atoms with Gasteiger partial charge in [-0.2, -0.15) is 5.26 Å². The van der Waals surface area contributed by atoms with Crippen LogP contribution in [0, 0.1) is 18.3 Å². The highest BCUT2D eigenvalue weighted by Crippen LogP contribution is 2.23. The lowest BCUT2D eigenvalue weighted by molar-refractivity contribution is -0.109. The number of nitrogens with zero attached hydrogens (tertiary/aromatic N) is 1. The minimum Gasteiger partial charge on any atom is -0.494 e. The van der Waals surface area contributed by atoms with Crippen LogP contribution in [0.2, 0.25) is 0 Å². The molecule has 94 valence electrons. The van der Waals surface area contributed by atoms with Crippen molar-refractivity contribution in [1.29, 1.82) is 5.26 Å². The van der Waals surface area contributed by atoms with Crippen molar-refractivity contribution in [2.24, 2.45) is 0 Å². The van der Waals surface area contributed by atoms with Gasteiger partial charge in [0, 0.05) is 5.57 Å². The Morgan fingerprint density at radius 3 is 2.78 bits per heavy atom. The first-order valence-electron chi connectivity index (χ1n) is 5.97. The molecule has 1 aromatic rings. The Morgan fingerprint density at radius 2 is 2.22 bits per heavy atom. The van der Waals surface area contributed by atoms with E-state index in [9.17, 15) is 4.79 Å². The lowest BCUT2D eigenvalue weighted by atomic mass is 9.99. The predicted octanol–water partition coefficient (Wildman–Crippen LogP) is 3.28. The monoisotopic (exact) mass is 243 g/mol. The van der Waals surface area contributed by atoms with Crippen molar-refractivity contribution >= 4 is 11.4 Å². The minimum atomic E-state index is -0.599. The van der Waals surface area contributed by atoms with Crippen LogP contribution in [0.4, 0.5) is 0 Å². The van der Waals surface area contributed by atoms with Crippen molar-refractivity contribution in [1.82, 2.24) is 0 Å². The van der Waals surface area contributed by atoms with E-state index in [-0.39, 0.29) is 5.57 Å². The van der Waals surface area contributed by atoms with Crippen molar-refractivity contribution in [3.8, 4) is 11.8 Å². The van der Waals surface area contributed by atoms with Crippen LogP contribution in [-0.4, -0.2) is 12.4 Å². The molecule has 0 saturated carbocycles. The van der Waals surface area contributed by atoms with Gasteiger partial charge in [-0.25, -0.2) is 0 Å². The van der Waals surface area contributed by atoms with E-state index in [4.69, 9.17) is 10.00 Å². The first kappa shape index (κ1) is 14.0. The zero-order chi connectivity index (χ0) is 13.5. The fraction of sp³-hybridized carbons (Fsp3) is 0.333. The van der Waals surface area contributed by atoms with Crippen molar-refractivity contribution in [2.45, 2.75) is 26.7 Å². The highest BCUT2D eigenvalue weighted by molar-refractivity contribution is 6.27. The average molecular weight is 243 g/mol. The number of aryl methyl sites for hydroxylation is 1. The maximum Gasteiger partial charge on any atom is 0.262 e. The van der Waals surface area contributed by atoms with E-state index in [2.05, 4.69) is 13.5 Å². The van der Waals surface area contributed by atoms with Gasteiger partial charge in [-0.3, -0.25) is 4.79 Å². The van der Waals surface area contributed by atoms with Crippen LogP contribution >= 0.6 is 0 Å². The summed E-state index contributed by atoms with van der Waals surface area (Å²) in [6, 6.07) is 7.01. The third kappa shape index (κ3) is 3.46. The fourth-order valence-corrected chi connectivity index (χ4v) is 1.59. The molecular weight excluding hydrogens is 226 g/mol. The number of carbonyl (C=O) groups excluding carboxylic acids is 1. The molecule has 0 amide bonds. The van der Waals surface area contributed by atoms with Gasteiger partial charge in [0.2, 0.25) is 0 Å². The van der Waals surface area contributed by atoms with Gasteiger partial charge in [-0.15, -0.1) is 0 Å². The number of carbonyl (C=O) groups is 1. The molecule has 0 heterocycles. The van der Waals surface area contributed by atoms with Crippen molar-refractivity contribution in [3.05, 3.63) is 35.9 Å². The summed E-state index contributed by atoms with van der Waals surface area (Å²) in [6.45, 7) is 8.32. The van der Waals surface area contributed by atoms with E-state index < -0.39 is 5.78 Å². The average Bonchev–Trinajstić information content (AvgIpc) is 2.37. The predicted molar refractivity (Wildman–Crippen MR) is 71.2 cm³/mol. The number of rotatable bonds is 6. The summed E-state index contributed by atoms with van der Waals surface area (Å²) in [5, 5.41) is 8.57. The van der Waals surface area contributed by atoms with Gasteiger partial charge in [0.15, 0.2) is 0 Å². The van der Waals surface area contributed by atoms with Crippen LogP contribution in [-0.2, 0) is 4.79 Å². The highest BCUT2D eigenvalue weighted by Gasteiger charge is 2.11. The number of allylic oxidation sites excluding steroid dienone is 1. The molecule has 0 fully saturated rings. The number of ketones is 1. The Morgan fingerprint density at radius 1 is 1.50 bits per heavy atom. The lowest BCUT2D eigenvalue weighted by Gasteiger charge is -2.09. The van der Waals surface area contributed by atoms with E-state index >= 15 is 0 Å². The second-order valence-corrected chi connectivity index (χ2v) is 4.10. The molecule has 0 unspecified atom stereocenters. The van der Waals surface area contributed by atoms with Gasteiger partial charge in [0.25, 0.3) is 5.78 Å². The molecule has 0 aliphatic carbocycles. The second kappa shape index (κ2) is 6.61. The molecule has 0 spiro atoms. The Labute approximate surface area is 108 Å². The van der Waals surface area contributed by atoms with Gasteiger partial charge in [0.1, 0.15) is 11.8 Å². The van der Waals surface area contributed by atoms with E-state index in [0.717, 1.165) is 24.2 Å². The maximum absolute atomic E-state index is 11.3. The van der Waals surface area contributed by atoms with E-state index in [1.165, 1.54) is 0 Å². The van der Waals surface area contributed by atoms with Crippen LogP contribution in [0.3, 0.4) is 0 Å². The standard InChI is InChI=1S/C15H17NO2/c1-4-5-8-18-13-6-7-14(11(2)9-13)12(3)15(17)10-16/h6-7,9H,3-5,8H2,1-2H3. The largest absolute Gasteiger partial charge is 0.494 e. The minimum absolute atomic E-state index is 0.232. The summed E-state index contributed by atoms with van der Waals surface area (Å²) in [7, 11) is 0. The number of benzene rings is 1. The number of Topliss-reactive ketones (excluding diaryl/α,β-unsaturated/α-hetero) is 1. The summed E-state index contributed by atoms with van der Waals surface area (Å²) in [6.07, 6.45) is 2.10. The lowest BCUT2D eigenvalue weighted by Crippen LogP contribution is -2.01. The summed E-state index contributed by atoms with van der Waals surface area (Å²) >= 11 is 0. The number of hydrogen-bond acceptors (Lipinski definition) is 3. The first-order valence-corrected chi connectivity index (χ1v) is 5.97. The van der Waals surface area contributed by atoms with Gasteiger partial charge in [-0.1, -0.05) is 26.0 Å². The van der Waals surface area contributed by atoms with Crippen LogP contribution < -0.4 is 4.74 Å². The zero-order valence-corrected chi connectivity index (χ0v) is 10.8. The van der Waals surface area contributed by atoms with Crippen molar-refractivity contribution < 1.29 is 9.53 Å². The molecule has 3 heteroatoms. The Bertz CT molecular complexity index is 498. The van der Waals surface area contributed by atoms with Crippen molar-refractivity contribution in [3.63, 3.8) is 0 Å². The summed E-state index contributed by atoms with van der Waals surface area (Å²) in [5.74, 6) is 0.180. The first-order chi connectivity index (χ1) is 8.60. The smallest absolute Gasteiger partial charge is 0.262 e. The van der Waals surface area contributed by atoms with Crippen LogP contribution in [0.1, 0.15) is 30.9 Å². The molecule has 1 rings (SSSR count). The number of nitriles is 1. The summed E-state index contributed by atoms with van der Waals surface area (Å²) in [4.78, 5) is 11.3. The molecule has 3 nitrogen and oxygen atoms in total. The third-order valence-corrected chi connectivity index (χ3v) is 2.67. The highest BCUT2D eigenvalue weighted by atomic mass is 16.5. The van der Waals surface area contributed by atoms with Gasteiger partial charge in [-0.05, 0) is 36.6 Å². The molecule has 0 aliphatic rings. The molecule has 1 aromatic carbocycles. The second-order valence-electron chi connectivity index (χ2n) is 4.10. The SMILES string of the molecule is C=C(C(=O)C#N)c1ccc(OCCCC)cc1C. The van der Waals surface area contributed by atoms with E-state index in [0.29, 0.717) is 12.2 Å². The molecule has 18 heavy (non-hydrogen) atoms. The quantitative estimate of drug-likeness (QED) is 0.437. The summed E-state index contributed by atoms with van der Waals surface area (Å²) < 4.78 is 5.57. The molecule has 0 aromatic heterocycles. The third-order valence-electron chi connectivity index (χ3n) is 2.67. The van der Waals surface area contributed by atoms with E-state index in [1.807, 2.05) is 13.0 Å². The molecule has 0 bridgehead atoms. The van der Waals surface area contributed by atoms with Crippen molar-refractivity contribution in [2.75, 3.05) is 6.61 Å². The number of hydrogen-bond donors (Lipinski definition) is 0. The molecule has 0 N–H and O–H groups in total. The van der Waals surface area contributed by atoms with E-state index in [1.54, 1.807) is 18.2 Å². The van der Waals surface area contributed by atoms with Gasteiger partial charge >= 0.3 is 0 Å². The zero-order valence-electron chi connectivity index (χ0n) is 10.8. The van der Waals surface area contributed by atoms with Crippen LogP contribution in [0.25, 0.3) is 5.57 Å². The molecule has 0 aliphatic heterocycles. The molecular formula is C15H17NO2. The Hall–Kier alpha value is -2.08. The molecule has 0 atom stereocenters. The normalized spacial score (nSPS) is 9.61. The summed E-state index contributed by atoms with van der Waals surface area (Å²) in [5.41, 5.74) is 1.82. The molecule has 0 radical (unpaired) electrons. The Kier molecular flexibility index (Phi) is 5.13.